The molecule has 2 aromatic rings. The molecule has 0 radical (unpaired) electrons. The van der Waals surface area contributed by atoms with E-state index in [-0.39, 0.29) is 22.7 Å². The predicted octanol–water partition coefficient (Wildman–Crippen LogP) is 3.97. The van der Waals surface area contributed by atoms with Crippen molar-refractivity contribution in [3.63, 3.8) is 0 Å². The quantitative estimate of drug-likeness (QED) is 0.792. The van der Waals surface area contributed by atoms with Gasteiger partial charge in [-0.1, -0.05) is 12.1 Å². The van der Waals surface area contributed by atoms with E-state index >= 15 is 0 Å². The number of carbonyl (C=O) groups is 1. The van der Waals surface area contributed by atoms with Gasteiger partial charge >= 0.3 is 6.61 Å². The number of hydrogen-bond donors (Lipinski definition) is 0. The van der Waals surface area contributed by atoms with Crippen LogP contribution in [0.4, 0.5) is 13.2 Å². The van der Waals surface area contributed by atoms with Crippen LogP contribution in [-0.2, 0) is 0 Å². The molecule has 0 aliphatic carbocycles. The van der Waals surface area contributed by atoms with Crippen molar-refractivity contribution in [3.8, 4) is 5.75 Å². The van der Waals surface area contributed by atoms with Gasteiger partial charge in [-0.25, -0.2) is 4.39 Å². The molecule has 0 atom stereocenters. The number of hydrogen-bond acceptors (Lipinski definition) is 2. The molecule has 0 spiro atoms. The lowest BCUT2D eigenvalue weighted by atomic mass is 10.0. The lowest BCUT2D eigenvalue weighted by Gasteiger charge is -2.06. The fourth-order valence-electron chi connectivity index (χ4n) is 1.69. The Labute approximate surface area is 113 Å². The van der Waals surface area contributed by atoms with E-state index in [1.807, 2.05) is 0 Å². The highest BCUT2D eigenvalue weighted by Crippen LogP contribution is 2.18. The van der Waals surface area contributed by atoms with Gasteiger partial charge in [0, 0.05) is 11.1 Å². The summed E-state index contributed by atoms with van der Waals surface area (Å²) in [6, 6.07) is 9.44. The van der Waals surface area contributed by atoms with Crippen molar-refractivity contribution in [2.45, 2.75) is 13.5 Å². The van der Waals surface area contributed by atoms with Crippen molar-refractivity contribution in [1.29, 1.82) is 0 Å². The Morgan fingerprint density at radius 3 is 2.20 bits per heavy atom. The van der Waals surface area contributed by atoms with E-state index in [1.165, 1.54) is 36.4 Å². The number of rotatable bonds is 4. The standard InChI is InChI=1S/C15H11F3O2/c1-9-2-3-11(8-13(9)16)14(19)10-4-6-12(7-5-10)20-15(17)18/h2-8,15H,1H3. The molecule has 0 saturated carbocycles. The van der Waals surface area contributed by atoms with Crippen molar-refractivity contribution < 1.29 is 22.7 Å². The van der Waals surface area contributed by atoms with Crippen molar-refractivity contribution in [2.24, 2.45) is 0 Å². The highest BCUT2D eigenvalue weighted by atomic mass is 19.3. The van der Waals surface area contributed by atoms with Crippen molar-refractivity contribution in [1.82, 2.24) is 0 Å². The summed E-state index contributed by atoms with van der Waals surface area (Å²) < 4.78 is 41.6. The Morgan fingerprint density at radius 2 is 1.65 bits per heavy atom. The van der Waals surface area contributed by atoms with E-state index in [0.29, 0.717) is 5.56 Å². The lowest BCUT2D eigenvalue weighted by Crippen LogP contribution is -2.04. The largest absolute Gasteiger partial charge is 0.435 e. The Kier molecular flexibility index (Phi) is 4.08. The van der Waals surface area contributed by atoms with Gasteiger partial charge < -0.3 is 4.74 Å². The maximum absolute atomic E-state index is 13.4. The average molecular weight is 280 g/mol. The molecule has 0 heterocycles. The first kappa shape index (κ1) is 14.1. The molecule has 5 heteroatoms. The minimum atomic E-state index is -2.91. The van der Waals surface area contributed by atoms with E-state index in [4.69, 9.17) is 0 Å². The Balaban J connectivity index is 2.22. The van der Waals surface area contributed by atoms with Crippen molar-refractivity contribution in [3.05, 3.63) is 65.0 Å². The third kappa shape index (κ3) is 3.17. The molecule has 2 nitrogen and oxygen atoms in total. The topological polar surface area (TPSA) is 26.3 Å². The highest BCUT2D eigenvalue weighted by Gasteiger charge is 2.12. The number of ketones is 1. The molecule has 0 bridgehead atoms. The first-order valence-electron chi connectivity index (χ1n) is 5.83. The smallest absolute Gasteiger partial charge is 0.387 e. The van der Waals surface area contributed by atoms with Gasteiger partial charge in [0.1, 0.15) is 11.6 Å². The van der Waals surface area contributed by atoms with Crippen LogP contribution in [0.15, 0.2) is 42.5 Å². The summed E-state index contributed by atoms with van der Waals surface area (Å²) in [5.74, 6) is -0.882. The highest BCUT2D eigenvalue weighted by molar-refractivity contribution is 6.09. The van der Waals surface area contributed by atoms with Gasteiger partial charge in [-0.05, 0) is 42.8 Å². The molecule has 2 aromatic carbocycles. The molecule has 0 unspecified atom stereocenters. The second kappa shape index (κ2) is 5.77. The normalized spacial score (nSPS) is 10.7. The number of alkyl halides is 2. The molecule has 0 aliphatic heterocycles. The van der Waals surface area contributed by atoms with Crippen LogP contribution in [0.25, 0.3) is 0 Å². The minimum absolute atomic E-state index is 0.0355. The summed E-state index contributed by atoms with van der Waals surface area (Å²) >= 11 is 0. The molecule has 0 saturated heterocycles. The van der Waals surface area contributed by atoms with Crippen LogP contribution in [0, 0.1) is 12.7 Å². The molecule has 0 fully saturated rings. The Morgan fingerprint density at radius 1 is 1.05 bits per heavy atom. The number of benzene rings is 2. The van der Waals surface area contributed by atoms with Crippen molar-refractivity contribution in [2.75, 3.05) is 0 Å². The van der Waals surface area contributed by atoms with Crippen molar-refractivity contribution >= 4 is 5.78 Å². The molecule has 104 valence electrons. The first-order valence-corrected chi connectivity index (χ1v) is 5.83. The molecule has 2 rings (SSSR count). The summed E-state index contributed by atoms with van der Waals surface area (Å²) in [6.45, 7) is -1.32. The fraction of sp³-hybridized carbons (Fsp3) is 0.133. The number of aryl methyl sites for hydroxylation is 1. The van der Waals surface area contributed by atoms with Gasteiger partial charge in [0.25, 0.3) is 0 Å². The summed E-state index contributed by atoms with van der Waals surface area (Å²) in [5, 5.41) is 0. The molecule has 0 amide bonds. The zero-order valence-electron chi connectivity index (χ0n) is 10.6. The van der Waals surface area contributed by atoms with Crippen LogP contribution in [0.5, 0.6) is 5.75 Å². The van der Waals surface area contributed by atoms with Gasteiger partial charge in [-0.2, -0.15) is 8.78 Å². The molecule has 0 aliphatic rings. The molecule has 20 heavy (non-hydrogen) atoms. The van der Waals surface area contributed by atoms with Crippen LogP contribution in [0.3, 0.4) is 0 Å². The molecular weight excluding hydrogens is 269 g/mol. The lowest BCUT2D eigenvalue weighted by molar-refractivity contribution is -0.0498. The maximum Gasteiger partial charge on any atom is 0.387 e. The summed E-state index contributed by atoms with van der Waals surface area (Å²) in [7, 11) is 0. The number of ether oxygens (including phenoxy) is 1. The van der Waals surface area contributed by atoms with Crippen LogP contribution in [-0.4, -0.2) is 12.4 Å². The zero-order chi connectivity index (χ0) is 14.7. The van der Waals surface area contributed by atoms with E-state index < -0.39 is 12.4 Å². The van der Waals surface area contributed by atoms with Gasteiger partial charge in [0.15, 0.2) is 5.78 Å². The number of halogens is 3. The second-order valence-corrected chi connectivity index (χ2v) is 4.20. The third-order valence-corrected chi connectivity index (χ3v) is 2.78. The van der Waals surface area contributed by atoms with E-state index in [2.05, 4.69) is 4.74 Å². The third-order valence-electron chi connectivity index (χ3n) is 2.78. The Bertz CT molecular complexity index is 622. The summed E-state index contributed by atoms with van der Waals surface area (Å²) in [6.07, 6.45) is 0. The Hall–Kier alpha value is -2.30. The van der Waals surface area contributed by atoms with E-state index in [9.17, 15) is 18.0 Å². The van der Waals surface area contributed by atoms with Gasteiger partial charge in [0.05, 0.1) is 0 Å². The van der Waals surface area contributed by atoms with Gasteiger partial charge in [0.2, 0.25) is 0 Å². The van der Waals surface area contributed by atoms with Gasteiger partial charge in [-0.15, -0.1) is 0 Å². The van der Waals surface area contributed by atoms with Crippen LogP contribution in [0.2, 0.25) is 0 Å². The fourth-order valence-corrected chi connectivity index (χ4v) is 1.69. The predicted molar refractivity (Wildman–Crippen MR) is 67.6 cm³/mol. The van der Waals surface area contributed by atoms with E-state index in [1.54, 1.807) is 6.92 Å². The average Bonchev–Trinajstić information content (AvgIpc) is 2.41. The maximum atomic E-state index is 13.4. The van der Waals surface area contributed by atoms with Crippen LogP contribution >= 0.6 is 0 Å². The zero-order valence-corrected chi connectivity index (χ0v) is 10.6. The molecular formula is C15H11F3O2. The number of carbonyl (C=O) groups excluding carboxylic acids is 1. The van der Waals surface area contributed by atoms with Crippen LogP contribution in [0.1, 0.15) is 21.5 Å². The second-order valence-electron chi connectivity index (χ2n) is 4.20. The molecule has 0 N–H and O–H groups in total. The SMILES string of the molecule is Cc1ccc(C(=O)c2ccc(OC(F)F)cc2)cc1F. The summed E-state index contributed by atoms with van der Waals surface area (Å²) in [5.41, 5.74) is 0.924. The molecule has 0 aromatic heterocycles. The van der Waals surface area contributed by atoms with Gasteiger partial charge in [-0.3, -0.25) is 4.79 Å². The van der Waals surface area contributed by atoms with E-state index in [0.717, 1.165) is 6.07 Å². The monoisotopic (exact) mass is 280 g/mol. The minimum Gasteiger partial charge on any atom is -0.435 e. The first-order chi connectivity index (χ1) is 9.47. The summed E-state index contributed by atoms with van der Waals surface area (Å²) in [4.78, 5) is 12.1. The van der Waals surface area contributed by atoms with Crippen LogP contribution < -0.4 is 4.74 Å².